The molecular weight excluding hydrogens is 284 g/mol. The molecule has 0 unspecified atom stereocenters. The fourth-order valence-electron chi connectivity index (χ4n) is 1.15. The second-order valence-electron chi connectivity index (χ2n) is 3.07. The normalized spacial score (nSPS) is 15.1. The molecule has 0 aliphatic carbocycles. The van der Waals surface area contributed by atoms with Crippen molar-refractivity contribution in [2.75, 3.05) is 6.54 Å². The summed E-state index contributed by atoms with van der Waals surface area (Å²) in [6.07, 6.45) is 1.92. The van der Waals surface area contributed by atoms with Gasteiger partial charge in [-0.25, -0.2) is 0 Å². The van der Waals surface area contributed by atoms with Crippen molar-refractivity contribution in [2.24, 2.45) is 0 Å². The molecule has 0 bridgehead atoms. The predicted molar refractivity (Wildman–Crippen MR) is 66.5 cm³/mol. The Morgan fingerprint density at radius 1 is 1.17 bits per heavy atom. The van der Waals surface area contributed by atoms with Crippen LogP contribution >= 0.6 is 12.2 Å². The summed E-state index contributed by atoms with van der Waals surface area (Å²) in [4.78, 5) is 0. The van der Waals surface area contributed by atoms with Crippen LogP contribution in [0.2, 0.25) is 0 Å². The minimum Gasteiger partial charge on any atom is -0.999 e. The van der Waals surface area contributed by atoms with Crippen molar-refractivity contribution in [2.45, 2.75) is 0 Å². The molecule has 1 fully saturated rings. The number of hydrogen-bond donors (Lipinski definition) is 2. The van der Waals surface area contributed by atoms with Gasteiger partial charge in [0.2, 0.25) is 0 Å². The first-order chi connectivity index (χ1) is 8.34. The molecule has 2 aromatic carbocycles. The van der Waals surface area contributed by atoms with Gasteiger partial charge >= 0.3 is 0 Å². The molecule has 2 N–H and O–H groups in total. The van der Waals surface area contributed by atoms with Gasteiger partial charge in [-0.2, -0.15) is 0 Å². The third-order valence-electron chi connectivity index (χ3n) is 1.84. The van der Waals surface area contributed by atoms with Gasteiger partial charge in [-0.1, -0.05) is 6.54 Å². The Hall–Kier alpha value is -1.35. The Morgan fingerprint density at radius 3 is 2.28 bits per heavy atom. The van der Waals surface area contributed by atoms with Crippen LogP contribution in [0.3, 0.4) is 0 Å². The van der Waals surface area contributed by atoms with Crippen LogP contribution in [0.15, 0.2) is 11.8 Å². The van der Waals surface area contributed by atoms with E-state index in [1.54, 1.807) is 6.07 Å². The Bertz CT molecular complexity index is 455. The number of rotatable bonds is 1. The van der Waals surface area contributed by atoms with Crippen molar-refractivity contribution in [1.82, 2.24) is 10.6 Å². The monoisotopic (exact) mass is 290 g/mol. The summed E-state index contributed by atoms with van der Waals surface area (Å²) in [6.45, 7) is 0.742. The van der Waals surface area contributed by atoms with Crippen molar-refractivity contribution < 1.29 is 17.1 Å². The fraction of sp³-hybridized carbons (Fsp3) is 0.0714. The molecule has 96 valence electrons. The van der Waals surface area contributed by atoms with Crippen LogP contribution in [0.25, 0.3) is 6.08 Å². The first kappa shape index (κ1) is 14.7. The summed E-state index contributed by atoms with van der Waals surface area (Å²) in [5, 5.41) is 6.66. The summed E-state index contributed by atoms with van der Waals surface area (Å²) >= 11 is 4.89. The summed E-state index contributed by atoms with van der Waals surface area (Å²) in [6, 6.07) is 23.1. The molecule has 0 aromatic heterocycles. The average Bonchev–Trinajstić information content (AvgIpc) is 3.02. The van der Waals surface area contributed by atoms with Crippen LogP contribution in [0, 0.1) is 48.5 Å². The van der Waals surface area contributed by atoms with Crippen LogP contribution in [-0.4, -0.2) is 11.7 Å². The maximum atomic E-state index is 4.89. The molecule has 18 heavy (non-hydrogen) atoms. The number of hydrogen-bond acceptors (Lipinski definition) is 1. The van der Waals surface area contributed by atoms with E-state index in [2.05, 4.69) is 59.2 Å². The molecule has 1 aliphatic rings. The second-order valence-corrected chi connectivity index (χ2v) is 3.48. The van der Waals surface area contributed by atoms with Crippen LogP contribution < -0.4 is 10.6 Å². The van der Waals surface area contributed by atoms with Crippen molar-refractivity contribution in [3.05, 3.63) is 65.9 Å². The van der Waals surface area contributed by atoms with E-state index in [1.165, 1.54) is 0 Å². The van der Waals surface area contributed by atoms with Crippen LogP contribution in [-0.2, 0) is 17.1 Å². The fourth-order valence-corrected chi connectivity index (χ4v) is 1.36. The Kier molecular flexibility index (Phi) is 6.44. The molecule has 0 radical (unpaired) electrons. The van der Waals surface area contributed by atoms with E-state index < -0.39 is 0 Å². The van der Waals surface area contributed by atoms with E-state index in [1.807, 2.05) is 6.08 Å². The Balaban J connectivity index is 0.000000230. The van der Waals surface area contributed by atoms with E-state index in [-0.39, 0.29) is 17.1 Å². The molecule has 3 rings (SSSR count). The van der Waals surface area contributed by atoms with E-state index >= 15 is 0 Å². The number of thiocarbonyl (C=S) groups is 1. The Morgan fingerprint density at radius 2 is 1.83 bits per heavy atom. The van der Waals surface area contributed by atoms with Crippen molar-refractivity contribution in [3.63, 3.8) is 0 Å². The molecule has 1 aliphatic heterocycles. The third kappa shape index (κ3) is 4.88. The molecule has 0 amide bonds. The maximum absolute atomic E-state index is 4.89. The maximum Gasteiger partial charge on any atom is 0.143 e. The largest absolute Gasteiger partial charge is 0.999 e. The van der Waals surface area contributed by atoms with Gasteiger partial charge in [0.25, 0.3) is 0 Å². The van der Waals surface area contributed by atoms with Gasteiger partial charge in [0.05, 0.1) is 0 Å². The molecule has 0 spiro atoms. The summed E-state index contributed by atoms with van der Waals surface area (Å²) < 4.78 is 0. The smallest absolute Gasteiger partial charge is 0.143 e. The van der Waals surface area contributed by atoms with Gasteiger partial charge in [-0.05, 0) is 12.2 Å². The number of nitrogens with one attached hydrogen (secondary N) is 2. The minimum absolute atomic E-state index is 0. The topological polar surface area (TPSA) is 24.1 Å². The van der Waals surface area contributed by atoms with E-state index in [0.717, 1.165) is 17.8 Å². The zero-order chi connectivity index (χ0) is 11.9. The van der Waals surface area contributed by atoms with Crippen molar-refractivity contribution in [1.29, 1.82) is 0 Å². The average molecular weight is 290 g/mol. The predicted octanol–water partition coefficient (Wildman–Crippen LogP) is 1.03. The zero-order valence-corrected chi connectivity index (χ0v) is 11.0. The Labute approximate surface area is 123 Å². The minimum atomic E-state index is 0. The summed E-state index contributed by atoms with van der Waals surface area (Å²) in [7, 11) is 0. The van der Waals surface area contributed by atoms with Crippen molar-refractivity contribution >= 4 is 23.4 Å². The summed E-state index contributed by atoms with van der Waals surface area (Å²) in [5.74, 6) is 0. The quantitative estimate of drug-likeness (QED) is 0.466. The van der Waals surface area contributed by atoms with Crippen LogP contribution in [0.1, 0.15) is 5.56 Å². The molecular formula is C14H6FeN2S-10. The van der Waals surface area contributed by atoms with Crippen LogP contribution in [0.5, 0.6) is 0 Å². The van der Waals surface area contributed by atoms with Gasteiger partial charge < -0.3 is 82.6 Å². The van der Waals surface area contributed by atoms with E-state index in [9.17, 15) is 0 Å². The van der Waals surface area contributed by atoms with Gasteiger partial charge in [0.15, 0.2) is 0 Å². The second kappa shape index (κ2) is 7.88. The zero-order valence-electron chi connectivity index (χ0n) is 9.12. The molecule has 2 nitrogen and oxygen atoms in total. The van der Waals surface area contributed by atoms with Gasteiger partial charge in [-0.3, -0.25) is 0 Å². The molecule has 2 aromatic rings. The first-order valence-electron chi connectivity index (χ1n) is 4.82. The summed E-state index contributed by atoms with van der Waals surface area (Å²) in [5.41, 5.74) is 1.88. The van der Waals surface area contributed by atoms with E-state index in [0.29, 0.717) is 5.11 Å². The third-order valence-corrected chi connectivity index (χ3v) is 2.09. The SMILES string of the molecule is S=C1NC/C(=C/[c-]2[c-][c-][c-][c-]2)N1.[Fe].[c-]1[c-][c-][cH-][c-]1. The van der Waals surface area contributed by atoms with Crippen molar-refractivity contribution in [3.8, 4) is 0 Å². The first-order valence-corrected chi connectivity index (χ1v) is 5.22. The molecule has 0 saturated carbocycles. The van der Waals surface area contributed by atoms with Gasteiger partial charge in [0, 0.05) is 17.1 Å². The molecule has 1 heterocycles. The molecule has 0 atom stereocenters. The standard InChI is InChI=1S/C9H5N2S.C5H.Fe/c12-9-10-6-8(11-9)5-7-3-1-2-4-7;1-2-4-5-3-1;/h5H,6H2,(H2,10,11,12);1H;/q2*-5;/b8-5-;;. The molecule has 1 saturated heterocycles. The van der Waals surface area contributed by atoms with Crippen LogP contribution in [0.4, 0.5) is 0 Å². The van der Waals surface area contributed by atoms with Gasteiger partial charge in [0.1, 0.15) is 5.11 Å². The van der Waals surface area contributed by atoms with E-state index in [4.69, 9.17) is 12.2 Å². The molecule has 4 heteroatoms. The van der Waals surface area contributed by atoms with Gasteiger partial charge in [-0.15, -0.1) is 0 Å².